The molecule has 2 unspecified atom stereocenters. The summed E-state index contributed by atoms with van der Waals surface area (Å²) in [5.41, 5.74) is 7.84. The summed E-state index contributed by atoms with van der Waals surface area (Å²) >= 11 is 0. The van der Waals surface area contributed by atoms with Crippen molar-refractivity contribution in [1.29, 1.82) is 0 Å². The maximum atomic E-state index is 10.4. The Balaban J connectivity index is 2.15. The molecule has 3 N–H and O–H groups in total. The number of carbonyl (C=O) groups excluding carboxylic acids is 1. The third-order valence-corrected chi connectivity index (χ3v) is 2.56. The summed E-state index contributed by atoms with van der Waals surface area (Å²) < 4.78 is 0. The van der Waals surface area contributed by atoms with Gasteiger partial charge in [0.05, 0.1) is 0 Å². The zero-order valence-electron chi connectivity index (χ0n) is 8.08. The van der Waals surface area contributed by atoms with Gasteiger partial charge in [0.2, 0.25) is 5.91 Å². The topological polar surface area (TPSA) is 64.3 Å². The largest absolute Gasteiger partial charge is 0.368 e. The van der Waals surface area contributed by atoms with E-state index in [0.29, 0.717) is 12.0 Å². The number of nitrogens with one attached hydrogen (secondary N) is 1. The number of primary amides is 1. The summed E-state index contributed by atoms with van der Waals surface area (Å²) in [5.74, 6) is 0.192. The summed E-state index contributed by atoms with van der Waals surface area (Å²) in [6.07, 6.45) is 4.90. The molecule has 1 saturated carbocycles. The van der Waals surface area contributed by atoms with Crippen LogP contribution in [0.5, 0.6) is 0 Å². The molecule has 4 nitrogen and oxygen atoms in total. The molecule has 1 fully saturated rings. The van der Waals surface area contributed by atoms with Crippen LogP contribution in [0.2, 0.25) is 0 Å². The van der Waals surface area contributed by atoms with Crippen molar-refractivity contribution in [2.75, 3.05) is 6.61 Å². The van der Waals surface area contributed by atoms with E-state index >= 15 is 0 Å². The summed E-state index contributed by atoms with van der Waals surface area (Å²) in [6.45, 7) is 2.16. The summed E-state index contributed by atoms with van der Waals surface area (Å²) in [6, 6.07) is 0.382. The second-order valence-electron chi connectivity index (χ2n) is 3.74. The maximum absolute atomic E-state index is 10.4. The quantitative estimate of drug-likeness (QED) is 0.631. The summed E-state index contributed by atoms with van der Waals surface area (Å²) in [5, 5.41) is 0. The molecule has 1 aliphatic carbocycles. The van der Waals surface area contributed by atoms with Crippen molar-refractivity contribution in [1.82, 2.24) is 5.48 Å². The second-order valence-corrected chi connectivity index (χ2v) is 3.74. The first kappa shape index (κ1) is 10.5. The standard InChI is InChI=1S/C9H18N2O2/c1-7-4-2-3-5-8(7)11-13-6-9(10)12/h7-8,11H,2-6H2,1H3,(H2,10,12). The molecular formula is C9H18N2O2. The van der Waals surface area contributed by atoms with E-state index in [1.807, 2.05) is 0 Å². The first-order valence-corrected chi connectivity index (χ1v) is 4.86. The van der Waals surface area contributed by atoms with Gasteiger partial charge in [-0.25, -0.2) is 0 Å². The highest BCUT2D eigenvalue weighted by Gasteiger charge is 2.20. The monoisotopic (exact) mass is 186 g/mol. The van der Waals surface area contributed by atoms with Gasteiger partial charge in [-0.2, -0.15) is 5.48 Å². The normalized spacial score (nSPS) is 28.7. The molecule has 0 saturated heterocycles. The molecule has 0 bridgehead atoms. The zero-order valence-corrected chi connectivity index (χ0v) is 8.08. The van der Waals surface area contributed by atoms with Crippen LogP contribution in [0.15, 0.2) is 0 Å². The molecule has 2 atom stereocenters. The first-order chi connectivity index (χ1) is 6.20. The Morgan fingerprint density at radius 3 is 2.85 bits per heavy atom. The van der Waals surface area contributed by atoms with E-state index in [9.17, 15) is 4.79 Å². The van der Waals surface area contributed by atoms with E-state index in [1.165, 1.54) is 19.3 Å². The van der Waals surface area contributed by atoms with Crippen LogP contribution >= 0.6 is 0 Å². The Morgan fingerprint density at radius 2 is 2.23 bits per heavy atom. The molecule has 0 aromatic carbocycles. The van der Waals surface area contributed by atoms with Gasteiger partial charge in [-0.1, -0.05) is 19.8 Å². The Bertz CT molecular complexity index is 173. The molecule has 1 aliphatic rings. The highest BCUT2D eigenvalue weighted by atomic mass is 16.6. The molecule has 76 valence electrons. The molecule has 0 aromatic heterocycles. The lowest BCUT2D eigenvalue weighted by atomic mass is 9.86. The maximum Gasteiger partial charge on any atom is 0.245 e. The zero-order chi connectivity index (χ0) is 9.68. The third-order valence-electron chi connectivity index (χ3n) is 2.56. The van der Waals surface area contributed by atoms with Gasteiger partial charge in [0.1, 0.15) is 6.61 Å². The lowest BCUT2D eigenvalue weighted by Gasteiger charge is -2.28. The van der Waals surface area contributed by atoms with Crippen molar-refractivity contribution >= 4 is 5.91 Å². The second kappa shape index (κ2) is 5.19. The van der Waals surface area contributed by atoms with E-state index in [1.54, 1.807) is 0 Å². The van der Waals surface area contributed by atoms with Crippen molar-refractivity contribution in [3.05, 3.63) is 0 Å². The number of hydrogen-bond acceptors (Lipinski definition) is 3. The van der Waals surface area contributed by atoms with Gasteiger partial charge >= 0.3 is 0 Å². The molecule has 1 amide bonds. The number of rotatable bonds is 4. The van der Waals surface area contributed by atoms with Gasteiger partial charge in [0.15, 0.2) is 0 Å². The Labute approximate surface area is 78.8 Å². The van der Waals surface area contributed by atoms with E-state index in [2.05, 4.69) is 12.4 Å². The van der Waals surface area contributed by atoms with Crippen LogP contribution < -0.4 is 11.2 Å². The van der Waals surface area contributed by atoms with Gasteiger partial charge in [-0.15, -0.1) is 0 Å². The van der Waals surface area contributed by atoms with Gasteiger partial charge in [-0.3, -0.25) is 9.63 Å². The van der Waals surface area contributed by atoms with Crippen molar-refractivity contribution < 1.29 is 9.63 Å². The predicted molar refractivity (Wildman–Crippen MR) is 49.7 cm³/mol. The van der Waals surface area contributed by atoms with Crippen LogP contribution in [0.3, 0.4) is 0 Å². The molecule has 13 heavy (non-hydrogen) atoms. The molecule has 1 rings (SSSR count). The van der Waals surface area contributed by atoms with Gasteiger partial charge in [-0.05, 0) is 18.8 Å². The van der Waals surface area contributed by atoms with Gasteiger partial charge in [0, 0.05) is 6.04 Å². The van der Waals surface area contributed by atoms with Crippen molar-refractivity contribution in [2.45, 2.75) is 38.6 Å². The number of hydrogen-bond donors (Lipinski definition) is 2. The lowest BCUT2D eigenvalue weighted by Crippen LogP contribution is -2.39. The van der Waals surface area contributed by atoms with Crippen LogP contribution in [0.4, 0.5) is 0 Å². The molecule has 0 aliphatic heterocycles. The van der Waals surface area contributed by atoms with Crippen LogP contribution in [0.25, 0.3) is 0 Å². The minimum absolute atomic E-state index is 0.0385. The Hall–Kier alpha value is -0.610. The Kier molecular flexibility index (Phi) is 4.18. The van der Waals surface area contributed by atoms with Crippen molar-refractivity contribution in [3.8, 4) is 0 Å². The fourth-order valence-electron chi connectivity index (χ4n) is 1.71. The van der Waals surface area contributed by atoms with Crippen LogP contribution in [0, 0.1) is 5.92 Å². The predicted octanol–water partition coefficient (Wildman–Crippen LogP) is 0.572. The van der Waals surface area contributed by atoms with E-state index in [0.717, 1.165) is 6.42 Å². The average molecular weight is 186 g/mol. The number of amides is 1. The van der Waals surface area contributed by atoms with Crippen LogP contribution in [0.1, 0.15) is 32.6 Å². The fourth-order valence-corrected chi connectivity index (χ4v) is 1.71. The van der Waals surface area contributed by atoms with Crippen LogP contribution in [-0.2, 0) is 9.63 Å². The van der Waals surface area contributed by atoms with E-state index in [4.69, 9.17) is 10.6 Å². The number of hydroxylamine groups is 1. The fraction of sp³-hybridized carbons (Fsp3) is 0.889. The summed E-state index contributed by atoms with van der Waals surface area (Å²) in [4.78, 5) is 15.4. The summed E-state index contributed by atoms with van der Waals surface area (Å²) in [7, 11) is 0. The highest BCUT2D eigenvalue weighted by Crippen LogP contribution is 2.23. The van der Waals surface area contributed by atoms with E-state index in [-0.39, 0.29) is 6.61 Å². The van der Waals surface area contributed by atoms with Crippen molar-refractivity contribution in [2.24, 2.45) is 11.7 Å². The highest BCUT2D eigenvalue weighted by molar-refractivity contribution is 5.74. The van der Waals surface area contributed by atoms with Crippen molar-refractivity contribution in [3.63, 3.8) is 0 Å². The minimum Gasteiger partial charge on any atom is -0.368 e. The molecular weight excluding hydrogens is 168 g/mol. The molecule has 0 aromatic rings. The first-order valence-electron chi connectivity index (χ1n) is 4.86. The Morgan fingerprint density at radius 1 is 1.54 bits per heavy atom. The van der Waals surface area contributed by atoms with E-state index < -0.39 is 5.91 Å². The average Bonchev–Trinajstić information content (AvgIpc) is 2.08. The molecule has 0 heterocycles. The molecule has 0 radical (unpaired) electrons. The number of nitrogens with two attached hydrogens (primary N) is 1. The van der Waals surface area contributed by atoms with Crippen LogP contribution in [-0.4, -0.2) is 18.6 Å². The molecule has 0 spiro atoms. The SMILES string of the molecule is CC1CCCCC1NOCC(N)=O. The number of carbonyl (C=O) groups is 1. The lowest BCUT2D eigenvalue weighted by molar-refractivity contribution is -0.126. The van der Waals surface area contributed by atoms with Gasteiger partial charge < -0.3 is 5.73 Å². The van der Waals surface area contributed by atoms with Gasteiger partial charge in [0.25, 0.3) is 0 Å². The minimum atomic E-state index is -0.434. The molecule has 4 heteroatoms. The third kappa shape index (κ3) is 3.74. The smallest absolute Gasteiger partial charge is 0.245 e.